The van der Waals surface area contributed by atoms with Crippen LogP contribution in [0.1, 0.15) is 6.92 Å². The molecular formula is C12H11ClN2O2. The largest absolute Gasteiger partial charge is 0.462 e. The fraction of sp³-hybridized carbons (Fsp3) is 0.167. The molecule has 0 fully saturated rings. The minimum atomic E-state index is -0.642. The Balaban J connectivity index is 2.71. The van der Waals surface area contributed by atoms with Crippen molar-refractivity contribution in [1.29, 1.82) is 5.26 Å². The number of carbonyl (C=O) groups excluding carboxylic acids is 1. The van der Waals surface area contributed by atoms with E-state index in [4.69, 9.17) is 21.6 Å². The minimum absolute atomic E-state index is 0.0817. The molecule has 0 spiro atoms. The summed E-state index contributed by atoms with van der Waals surface area (Å²) < 4.78 is 4.71. The van der Waals surface area contributed by atoms with Crippen molar-refractivity contribution < 1.29 is 9.53 Å². The van der Waals surface area contributed by atoms with Gasteiger partial charge in [0.1, 0.15) is 6.07 Å². The third-order valence-corrected chi connectivity index (χ3v) is 2.10. The highest BCUT2D eigenvalue weighted by atomic mass is 35.5. The smallest absolute Gasteiger partial charge is 0.350 e. The number of nitrogens with zero attached hydrogens (tertiary/aromatic N) is 1. The SMILES string of the molecule is CCOC(=O)C(C#N)=CNc1ccc(Cl)cc1. The first-order valence-corrected chi connectivity index (χ1v) is 5.34. The van der Waals surface area contributed by atoms with Crippen LogP contribution in [-0.2, 0) is 9.53 Å². The van der Waals surface area contributed by atoms with Crippen LogP contribution in [0, 0.1) is 11.3 Å². The molecule has 1 rings (SSSR count). The number of nitriles is 1. The number of hydrogen-bond acceptors (Lipinski definition) is 4. The predicted molar refractivity (Wildman–Crippen MR) is 65.4 cm³/mol. The average Bonchev–Trinajstić information content (AvgIpc) is 2.32. The number of esters is 1. The molecule has 1 aromatic rings. The predicted octanol–water partition coefficient (Wildman–Crippen LogP) is 2.72. The lowest BCUT2D eigenvalue weighted by molar-refractivity contribution is -0.138. The van der Waals surface area contributed by atoms with E-state index in [1.165, 1.54) is 6.20 Å². The highest BCUT2D eigenvalue weighted by Gasteiger charge is 2.08. The quantitative estimate of drug-likeness (QED) is 0.507. The molecular weight excluding hydrogens is 240 g/mol. The van der Waals surface area contributed by atoms with E-state index in [1.54, 1.807) is 37.3 Å². The topological polar surface area (TPSA) is 62.1 Å². The summed E-state index contributed by atoms with van der Waals surface area (Å²) in [5.41, 5.74) is 0.647. The van der Waals surface area contributed by atoms with Crippen molar-refractivity contribution in [1.82, 2.24) is 0 Å². The Labute approximate surface area is 104 Å². The number of benzene rings is 1. The monoisotopic (exact) mass is 250 g/mol. The number of anilines is 1. The zero-order valence-corrected chi connectivity index (χ0v) is 9.99. The maximum absolute atomic E-state index is 11.3. The molecule has 4 nitrogen and oxygen atoms in total. The molecule has 0 amide bonds. The van der Waals surface area contributed by atoms with Crippen LogP contribution in [0.4, 0.5) is 5.69 Å². The van der Waals surface area contributed by atoms with Gasteiger partial charge < -0.3 is 10.1 Å². The van der Waals surface area contributed by atoms with Crippen LogP contribution >= 0.6 is 11.6 Å². The van der Waals surface area contributed by atoms with Gasteiger partial charge in [0.15, 0.2) is 5.57 Å². The first-order valence-electron chi connectivity index (χ1n) is 4.97. The van der Waals surface area contributed by atoms with Gasteiger partial charge in [-0.05, 0) is 31.2 Å². The van der Waals surface area contributed by atoms with E-state index in [0.717, 1.165) is 5.69 Å². The second-order valence-electron chi connectivity index (χ2n) is 3.04. The summed E-state index contributed by atoms with van der Waals surface area (Å²) >= 11 is 5.72. The molecule has 0 heterocycles. The van der Waals surface area contributed by atoms with Gasteiger partial charge in [0, 0.05) is 16.9 Å². The van der Waals surface area contributed by atoms with Crippen molar-refractivity contribution in [3.05, 3.63) is 41.1 Å². The summed E-state index contributed by atoms with van der Waals surface area (Å²) in [6.45, 7) is 1.91. The van der Waals surface area contributed by atoms with Gasteiger partial charge in [0.05, 0.1) is 6.61 Å². The van der Waals surface area contributed by atoms with Gasteiger partial charge in [-0.1, -0.05) is 11.6 Å². The van der Waals surface area contributed by atoms with Crippen molar-refractivity contribution >= 4 is 23.3 Å². The van der Waals surface area contributed by atoms with Crippen LogP contribution in [0.2, 0.25) is 5.02 Å². The van der Waals surface area contributed by atoms with E-state index < -0.39 is 5.97 Å². The summed E-state index contributed by atoms with van der Waals surface area (Å²) in [6.07, 6.45) is 1.31. The van der Waals surface area contributed by atoms with E-state index in [9.17, 15) is 4.79 Å². The summed E-state index contributed by atoms with van der Waals surface area (Å²) in [6, 6.07) is 8.64. The summed E-state index contributed by atoms with van der Waals surface area (Å²) in [5, 5.41) is 12.2. The zero-order valence-electron chi connectivity index (χ0n) is 9.24. The Hall–Kier alpha value is -1.99. The normalized spacial score (nSPS) is 10.5. The molecule has 88 valence electrons. The number of halogens is 1. The molecule has 17 heavy (non-hydrogen) atoms. The van der Waals surface area contributed by atoms with Gasteiger partial charge in [0.25, 0.3) is 0 Å². The van der Waals surface area contributed by atoms with E-state index >= 15 is 0 Å². The van der Waals surface area contributed by atoms with Crippen LogP contribution in [-0.4, -0.2) is 12.6 Å². The molecule has 1 N–H and O–H groups in total. The minimum Gasteiger partial charge on any atom is -0.462 e. The molecule has 0 saturated carbocycles. The number of nitrogens with one attached hydrogen (secondary N) is 1. The van der Waals surface area contributed by atoms with Crippen LogP contribution in [0.5, 0.6) is 0 Å². The summed E-state index contributed by atoms with van der Waals surface area (Å²) in [4.78, 5) is 11.3. The Morgan fingerprint density at radius 1 is 1.53 bits per heavy atom. The van der Waals surface area contributed by atoms with Gasteiger partial charge in [-0.25, -0.2) is 4.79 Å². The first kappa shape index (κ1) is 13.1. The second-order valence-corrected chi connectivity index (χ2v) is 3.48. The fourth-order valence-corrected chi connectivity index (χ4v) is 1.17. The first-order chi connectivity index (χ1) is 8.17. The van der Waals surface area contributed by atoms with E-state index in [2.05, 4.69) is 5.32 Å². The summed E-state index contributed by atoms with van der Waals surface area (Å²) in [5.74, 6) is -0.642. The van der Waals surface area contributed by atoms with Crippen molar-refractivity contribution in [3.8, 4) is 6.07 Å². The van der Waals surface area contributed by atoms with Crippen molar-refractivity contribution in [3.63, 3.8) is 0 Å². The highest BCUT2D eigenvalue weighted by Crippen LogP contribution is 2.13. The second kappa shape index (κ2) is 6.56. The Kier molecular flexibility index (Phi) is 5.05. The molecule has 0 atom stereocenters. The van der Waals surface area contributed by atoms with Crippen molar-refractivity contribution in [2.24, 2.45) is 0 Å². The molecule has 5 heteroatoms. The Morgan fingerprint density at radius 3 is 2.71 bits per heavy atom. The molecule has 1 aromatic carbocycles. The van der Waals surface area contributed by atoms with Gasteiger partial charge in [-0.15, -0.1) is 0 Å². The lowest BCUT2D eigenvalue weighted by Crippen LogP contribution is -2.07. The van der Waals surface area contributed by atoms with Gasteiger partial charge >= 0.3 is 5.97 Å². The third kappa shape index (κ3) is 4.17. The van der Waals surface area contributed by atoms with Crippen molar-refractivity contribution in [2.75, 3.05) is 11.9 Å². The van der Waals surface area contributed by atoms with Crippen LogP contribution < -0.4 is 5.32 Å². The Bertz CT molecular complexity index is 460. The Morgan fingerprint density at radius 2 is 2.18 bits per heavy atom. The van der Waals surface area contributed by atoms with Crippen molar-refractivity contribution in [2.45, 2.75) is 6.92 Å². The molecule has 0 bridgehead atoms. The summed E-state index contributed by atoms with van der Waals surface area (Å²) in [7, 11) is 0. The fourth-order valence-electron chi connectivity index (χ4n) is 1.05. The molecule has 0 aromatic heterocycles. The number of carbonyl (C=O) groups is 1. The molecule has 0 aliphatic heterocycles. The average molecular weight is 251 g/mol. The van der Waals surface area contributed by atoms with E-state index in [-0.39, 0.29) is 12.2 Å². The lowest BCUT2D eigenvalue weighted by Gasteiger charge is -2.02. The molecule has 0 aliphatic rings. The van der Waals surface area contributed by atoms with Gasteiger partial charge in [0.2, 0.25) is 0 Å². The molecule has 0 radical (unpaired) electrons. The zero-order chi connectivity index (χ0) is 12.7. The number of ether oxygens (including phenoxy) is 1. The molecule has 0 unspecified atom stereocenters. The number of rotatable bonds is 4. The lowest BCUT2D eigenvalue weighted by atomic mass is 10.3. The van der Waals surface area contributed by atoms with Crippen LogP contribution in [0.3, 0.4) is 0 Å². The molecule has 0 aliphatic carbocycles. The highest BCUT2D eigenvalue weighted by molar-refractivity contribution is 6.30. The standard InChI is InChI=1S/C12H11ClN2O2/c1-2-17-12(16)9(7-14)8-15-11-5-3-10(13)4-6-11/h3-6,8,15H,2H2,1H3. The maximum atomic E-state index is 11.3. The van der Waals surface area contributed by atoms with Gasteiger partial charge in [-0.3, -0.25) is 0 Å². The van der Waals surface area contributed by atoms with E-state index in [1.807, 2.05) is 0 Å². The van der Waals surface area contributed by atoms with E-state index in [0.29, 0.717) is 5.02 Å². The van der Waals surface area contributed by atoms with Crippen LogP contribution in [0.25, 0.3) is 0 Å². The third-order valence-electron chi connectivity index (χ3n) is 1.84. The number of hydrogen-bond donors (Lipinski definition) is 1. The van der Waals surface area contributed by atoms with Gasteiger partial charge in [-0.2, -0.15) is 5.26 Å². The maximum Gasteiger partial charge on any atom is 0.350 e. The van der Waals surface area contributed by atoms with Crippen LogP contribution in [0.15, 0.2) is 36.0 Å². The molecule has 0 saturated heterocycles.